The summed E-state index contributed by atoms with van der Waals surface area (Å²) in [5, 5.41) is 6.05. The first-order valence-corrected chi connectivity index (χ1v) is 7.50. The van der Waals surface area contributed by atoms with Crippen molar-refractivity contribution in [2.75, 3.05) is 40.0 Å². The van der Waals surface area contributed by atoms with Gasteiger partial charge in [-0.2, -0.15) is 0 Å². The zero-order chi connectivity index (χ0) is 14.9. The Hall–Kier alpha value is -1.59. The van der Waals surface area contributed by atoms with Gasteiger partial charge in [0, 0.05) is 32.3 Å². The van der Waals surface area contributed by atoms with Crippen molar-refractivity contribution in [3.05, 3.63) is 29.8 Å². The molecule has 1 aliphatic rings. The lowest BCUT2D eigenvalue weighted by molar-refractivity contribution is 0.0953. The predicted octanol–water partition coefficient (Wildman–Crippen LogP) is 1.44. The van der Waals surface area contributed by atoms with E-state index in [1.54, 1.807) is 19.2 Å². The fraction of sp³-hybridized carbons (Fsp3) is 0.562. The number of carbonyl (C=O) groups is 1. The van der Waals surface area contributed by atoms with Crippen LogP contribution >= 0.6 is 0 Å². The Morgan fingerprint density at radius 1 is 1.19 bits per heavy atom. The standard InChI is InChI=1S/C16H24N2O3/c1-20-11-10-17-8-9-18-16(19)14-4-6-15(7-5-14)21-12-13-2-3-13/h4-7,13,17H,2-3,8-12H2,1H3,(H,18,19). The minimum atomic E-state index is -0.0581. The van der Waals surface area contributed by atoms with Crippen molar-refractivity contribution >= 4 is 5.91 Å². The third-order valence-electron chi connectivity index (χ3n) is 3.37. The number of carbonyl (C=O) groups excluding carboxylic acids is 1. The molecule has 1 saturated carbocycles. The molecule has 1 aromatic rings. The van der Waals surface area contributed by atoms with E-state index in [0.717, 1.165) is 31.4 Å². The maximum atomic E-state index is 11.9. The summed E-state index contributed by atoms with van der Waals surface area (Å²) in [4.78, 5) is 11.9. The summed E-state index contributed by atoms with van der Waals surface area (Å²) in [6.07, 6.45) is 2.55. The fourth-order valence-electron chi connectivity index (χ4n) is 1.87. The van der Waals surface area contributed by atoms with Crippen molar-refractivity contribution in [1.82, 2.24) is 10.6 Å². The molecule has 0 spiro atoms. The van der Waals surface area contributed by atoms with Crippen LogP contribution in [0.15, 0.2) is 24.3 Å². The van der Waals surface area contributed by atoms with Gasteiger partial charge in [-0.05, 0) is 43.0 Å². The molecule has 1 aromatic carbocycles. The highest BCUT2D eigenvalue weighted by atomic mass is 16.5. The van der Waals surface area contributed by atoms with Gasteiger partial charge < -0.3 is 20.1 Å². The molecule has 0 aliphatic heterocycles. The quantitative estimate of drug-likeness (QED) is 0.641. The molecule has 0 unspecified atom stereocenters. The first-order valence-electron chi connectivity index (χ1n) is 7.50. The number of methoxy groups -OCH3 is 1. The Kier molecular flexibility index (Phi) is 6.50. The van der Waals surface area contributed by atoms with Crippen LogP contribution in [0.4, 0.5) is 0 Å². The Morgan fingerprint density at radius 2 is 1.95 bits per heavy atom. The third kappa shape index (κ3) is 6.14. The molecule has 0 heterocycles. The van der Waals surface area contributed by atoms with E-state index in [9.17, 15) is 4.79 Å². The van der Waals surface area contributed by atoms with Crippen molar-refractivity contribution in [2.24, 2.45) is 5.92 Å². The molecule has 5 heteroatoms. The van der Waals surface area contributed by atoms with E-state index in [1.165, 1.54) is 12.8 Å². The minimum Gasteiger partial charge on any atom is -0.493 e. The number of amides is 1. The smallest absolute Gasteiger partial charge is 0.251 e. The predicted molar refractivity (Wildman–Crippen MR) is 81.7 cm³/mol. The number of ether oxygens (including phenoxy) is 2. The van der Waals surface area contributed by atoms with Crippen LogP contribution in [-0.4, -0.2) is 45.9 Å². The zero-order valence-electron chi connectivity index (χ0n) is 12.6. The number of benzene rings is 1. The summed E-state index contributed by atoms with van der Waals surface area (Å²) in [5.41, 5.74) is 0.658. The van der Waals surface area contributed by atoms with Gasteiger partial charge in [-0.25, -0.2) is 0 Å². The molecule has 21 heavy (non-hydrogen) atoms. The van der Waals surface area contributed by atoms with Gasteiger partial charge >= 0.3 is 0 Å². The molecule has 0 saturated heterocycles. The van der Waals surface area contributed by atoms with E-state index < -0.39 is 0 Å². The van der Waals surface area contributed by atoms with Gasteiger partial charge in [-0.15, -0.1) is 0 Å². The Balaban J connectivity index is 1.64. The normalized spacial score (nSPS) is 14.0. The average Bonchev–Trinajstić information content (AvgIpc) is 3.33. The molecule has 5 nitrogen and oxygen atoms in total. The van der Waals surface area contributed by atoms with Gasteiger partial charge in [0.2, 0.25) is 0 Å². The molecule has 0 aromatic heterocycles. The van der Waals surface area contributed by atoms with E-state index in [1.807, 2.05) is 12.1 Å². The summed E-state index contributed by atoms with van der Waals surface area (Å²) in [6.45, 7) is 3.59. The van der Waals surface area contributed by atoms with Gasteiger partial charge in [0.25, 0.3) is 5.91 Å². The number of nitrogens with one attached hydrogen (secondary N) is 2. The highest BCUT2D eigenvalue weighted by molar-refractivity contribution is 5.94. The fourth-order valence-corrected chi connectivity index (χ4v) is 1.87. The Morgan fingerprint density at radius 3 is 2.62 bits per heavy atom. The number of hydrogen-bond donors (Lipinski definition) is 2. The van der Waals surface area contributed by atoms with Crippen LogP contribution in [0, 0.1) is 5.92 Å². The first kappa shape index (κ1) is 15.8. The van der Waals surface area contributed by atoms with Crippen LogP contribution in [-0.2, 0) is 4.74 Å². The first-order chi connectivity index (χ1) is 10.3. The topological polar surface area (TPSA) is 59.6 Å². The van der Waals surface area contributed by atoms with Crippen LogP contribution in [0.2, 0.25) is 0 Å². The SMILES string of the molecule is COCCNCCNC(=O)c1ccc(OCC2CC2)cc1. The van der Waals surface area contributed by atoms with Crippen molar-refractivity contribution < 1.29 is 14.3 Å². The van der Waals surface area contributed by atoms with Gasteiger partial charge in [0.1, 0.15) is 5.75 Å². The second kappa shape index (κ2) is 8.64. The second-order valence-electron chi connectivity index (χ2n) is 5.28. The van der Waals surface area contributed by atoms with E-state index in [2.05, 4.69) is 10.6 Å². The van der Waals surface area contributed by atoms with E-state index in [0.29, 0.717) is 18.7 Å². The molecule has 116 valence electrons. The van der Waals surface area contributed by atoms with Crippen molar-refractivity contribution in [2.45, 2.75) is 12.8 Å². The van der Waals surface area contributed by atoms with Crippen LogP contribution in [0.5, 0.6) is 5.75 Å². The average molecular weight is 292 g/mol. The maximum absolute atomic E-state index is 11.9. The number of hydrogen-bond acceptors (Lipinski definition) is 4. The van der Waals surface area contributed by atoms with E-state index >= 15 is 0 Å². The molecular formula is C16H24N2O3. The number of rotatable bonds is 10. The summed E-state index contributed by atoms with van der Waals surface area (Å²) in [5.74, 6) is 1.51. The van der Waals surface area contributed by atoms with Crippen molar-refractivity contribution in [3.8, 4) is 5.75 Å². The molecule has 1 amide bonds. The van der Waals surface area contributed by atoms with E-state index in [4.69, 9.17) is 9.47 Å². The van der Waals surface area contributed by atoms with Gasteiger partial charge in [-0.3, -0.25) is 4.79 Å². The van der Waals surface area contributed by atoms with Gasteiger partial charge in [0.15, 0.2) is 0 Å². The molecule has 2 rings (SSSR count). The Bertz CT molecular complexity index is 430. The second-order valence-corrected chi connectivity index (χ2v) is 5.28. The van der Waals surface area contributed by atoms with Crippen LogP contribution < -0.4 is 15.4 Å². The van der Waals surface area contributed by atoms with E-state index in [-0.39, 0.29) is 5.91 Å². The van der Waals surface area contributed by atoms with Crippen LogP contribution in [0.1, 0.15) is 23.2 Å². The molecule has 0 atom stereocenters. The lowest BCUT2D eigenvalue weighted by atomic mass is 10.2. The summed E-state index contributed by atoms with van der Waals surface area (Å²) >= 11 is 0. The van der Waals surface area contributed by atoms with Crippen LogP contribution in [0.3, 0.4) is 0 Å². The minimum absolute atomic E-state index is 0.0581. The molecule has 1 aliphatic carbocycles. The maximum Gasteiger partial charge on any atom is 0.251 e. The highest BCUT2D eigenvalue weighted by Crippen LogP contribution is 2.29. The third-order valence-corrected chi connectivity index (χ3v) is 3.37. The molecular weight excluding hydrogens is 268 g/mol. The molecule has 2 N–H and O–H groups in total. The van der Waals surface area contributed by atoms with Gasteiger partial charge in [-0.1, -0.05) is 0 Å². The van der Waals surface area contributed by atoms with Crippen LogP contribution in [0.25, 0.3) is 0 Å². The largest absolute Gasteiger partial charge is 0.493 e. The lowest BCUT2D eigenvalue weighted by Gasteiger charge is -2.08. The van der Waals surface area contributed by atoms with Gasteiger partial charge in [0.05, 0.1) is 13.2 Å². The highest BCUT2D eigenvalue weighted by Gasteiger charge is 2.21. The summed E-state index contributed by atoms with van der Waals surface area (Å²) in [7, 11) is 1.67. The lowest BCUT2D eigenvalue weighted by Crippen LogP contribution is -2.33. The summed E-state index contributed by atoms with van der Waals surface area (Å²) in [6, 6.07) is 7.31. The molecule has 0 radical (unpaired) electrons. The Labute approximate surface area is 126 Å². The van der Waals surface area contributed by atoms with Crippen molar-refractivity contribution in [1.29, 1.82) is 0 Å². The summed E-state index contributed by atoms with van der Waals surface area (Å²) < 4.78 is 10.6. The monoisotopic (exact) mass is 292 g/mol. The molecule has 1 fully saturated rings. The zero-order valence-corrected chi connectivity index (χ0v) is 12.6. The molecule has 0 bridgehead atoms. The van der Waals surface area contributed by atoms with Crippen molar-refractivity contribution in [3.63, 3.8) is 0 Å².